The topological polar surface area (TPSA) is 46.3 Å². The number of ketones is 1. The standard InChI is InChI=1S/C9H18N2O/c1-7(10)9(12)8-3-5-11(2)6-4-8/h7-8H,3-6,10H2,1-2H3. The highest BCUT2D eigenvalue weighted by molar-refractivity contribution is 5.85. The molecule has 1 fully saturated rings. The van der Waals surface area contributed by atoms with Gasteiger partial charge in [0.15, 0.2) is 5.78 Å². The van der Waals surface area contributed by atoms with E-state index in [-0.39, 0.29) is 17.7 Å². The fourth-order valence-corrected chi connectivity index (χ4v) is 1.66. The van der Waals surface area contributed by atoms with Crippen molar-refractivity contribution < 1.29 is 4.79 Å². The smallest absolute Gasteiger partial charge is 0.152 e. The second-order valence-corrected chi connectivity index (χ2v) is 3.77. The van der Waals surface area contributed by atoms with E-state index in [1.54, 1.807) is 6.92 Å². The Hall–Kier alpha value is -0.410. The number of nitrogens with two attached hydrogens (primary N) is 1. The number of hydrogen-bond donors (Lipinski definition) is 1. The van der Waals surface area contributed by atoms with Crippen LogP contribution in [0.1, 0.15) is 19.8 Å². The zero-order valence-electron chi connectivity index (χ0n) is 7.92. The highest BCUT2D eigenvalue weighted by atomic mass is 16.1. The molecule has 1 heterocycles. The summed E-state index contributed by atoms with van der Waals surface area (Å²) in [6.45, 7) is 3.84. The maximum atomic E-state index is 11.5. The van der Waals surface area contributed by atoms with Crippen molar-refractivity contribution in [3.8, 4) is 0 Å². The monoisotopic (exact) mass is 170 g/mol. The van der Waals surface area contributed by atoms with Gasteiger partial charge in [-0.05, 0) is 39.9 Å². The second kappa shape index (κ2) is 4.01. The Kier molecular flexibility index (Phi) is 3.23. The van der Waals surface area contributed by atoms with Crippen molar-refractivity contribution in [2.24, 2.45) is 11.7 Å². The molecule has 0 saturated carbocycles. The van der Waals surface area contributed by atoms with Crippen LogP contribution in [0.4, 0.5) is 0 Å². The second-order valence-electron chi connectivity index (χ2n) is 3.77. The van der Waals surface area contributed by atoms with Crippen LogP contribution in [0.25, 0.3) is 0 Å². The van der Waals surface area contributed by atoms with Crippen LogP contribution in [0, 0.1) is 5.92 Å². The lowest BCUT2D eigenvalue weighted by Crippen LogP contribution is -2.39. The van der Waals surface area contributed by atoms with Crippen molar-refractivity contribution in [3.05, 3.63) is 0 Å². The van der Waals surface area contributed by atoms with Crippen LogP contribution in [0.3, 0.4) is 0 Å². The van der Waals surface area contributed by atoms with E-state index in [0.717, 1.165) is 25.9 Å². The van der Waals surface area contributed by atoms with E-state index in [4.69, 9.17) is 5.73 Å². The summed E-state index contributed by atoms with van der Waals surface area (Å²) in [7, 11) is 2.09. The summed E-state index contributed by atoms with van der Waals surface area (Å²) in [5, 5.41) is 0. The Morgan fingerprint density at radius 2 is 2.00 bits per heavy atom. The zero-order chi connectivity index (χ0) is 9.14. The Labute approximate surface area is 73.9 Å². The highest BCUT2D eigenvalue weighted by Gasteiger charge is 2.24. The highest BCUT2D eigenvalue weighted by Crippen LogP contribution is 2.17. The first-order valence-corrected chi connectivity index (χ1v) is 4.59. The Morgan fingerprint density at radius 3 is 2.42 bits per heavy atom. The molecule has 1 unspecified atom stereocenters. The molecule has 3 heteroatoms. The van der Waals surface area contributed by atoms with Crippen LogP contribution in [0.15, 0.2) is 0 Å². The summed E-state index contributed by atoms with van der Waals surface area (Å²) in [4.78, 5) is 13.7. The molecule has 0 aromatic heterocycles. The Bertz CT molecular complexity index is 160. The summed E-state index contributed by atoms with van der Waals surface area (Å²) in [6.07, 6.45) is 1.97. The van der Waals surface area contributed by atoms with Crippen molar-refractivity contribution in [1.82, 2.24) is 4.90 Å². The molecule has 0 aromatic rings. The van der Waals surface area contributed by atoms with Crippen molar-refractivity contribution in [2.75, 3.05) is 20.1 Å². The third-order valence-electron chi connectivity index (χ3n) is 2.57. The van der Waals surface area contributed by atoms with E-state index in [1.165, 1.54) is 0 Å². The summed E-state index contributed by atoms with van der Waals surface area (Å²) < 4.78 is 0. The van der Waals surface area contributed by atoms with Gasteiger partial charge >= 0.3 is 0 Å². The number of likely N-dealkylation sites (tertiary alicyclic amines) is 1. The molecule has 1 rings (SSSR count). The van der Waals surface area contributed by atoms with Crippen molar-refractivity contribution in [3.63, 3.8) is 0 Å². The van der Waals surface area contributed by atoms with Crippen LogP contribution < -0.4 is 5.73 Å². The Balaban J connectivity index is 2.39. The lowest BCUT2D eigenvalue weighted by Gasteiger charge is -2.28. The molecule has 1 saturated heterocycles. The van der Waals surface area contributed by atoms with Crippen LogP contribution in [0.5, 0.6) is 0 Å². The molecule has 2 N–H and O–H groups in total. The third-order valence-corrected chi connectivity index (χ3v) is 2.57. The van der Waals surface area contributed by atoms with Crippen LogP contribution in [-0.4, -0.2) is 36.9 Å². The fourth-order valence-electron chi connectivity index (χ4n) is 1.66. The SMILES string of the molecule is CC(N)C(=O)C1CCN(C)CC1. The van der Waals surface area contributed by atoms with Gasteiger partial charge in [0.2, 0.25) is 0 Å². The molecular weight excluding hydrogens is 152 g/mol. The number of Topliss-reactive ketones (excluding diaryl/α,β-unsaturated/α-hetero) is 1. The first-order chi connectivity index (χ1) is 5.61. The summed E-state index contributed by atoms with van der Waals surface area (Å²) in [6, 6.07) is -0.279. The molecular formula is C9H18N2O. The Morgan fingerprint density at radius 1 is 1.50 bits per heavy atom. The van der Waals surface area contributed by atoms with Gasteiger partial charge < -0.3 is 10.6 Å². The van der Waals surface area contributed by atoms with Crippen LogP contribution in [-0.2, 0) is 4.79 Å². The number of hydrogen-bond acceptors (Lipinski definition) is 3. The van der Waals surface area contributed by atoms with E-state index in [0.29, 0.717) is 0 Å². The number of rotatable bonds is 2. The number of nitrogens with zero attached hydrogens (tertiary/aromatic N) is 1. The average Bonchev–Trinajstić information content (AvgIpc) is 2.04. The number of carbonyl (C=O) groups is 1. The quantitative estimate of drug-likeness (QED) is 0.646. The van der Waals surface area contributed by atoms with Gasteiger partial charge in [-0.15, -0.1) is 0 Å². The van der Waals surface area contributed by atoms with Crippen molar-refractivity contribution >= 4 is 5.78 Å². The molecule has 3 nitrogen and oxygen atoms in total. The minimum atomic E-state index is -0.279. The summed E-state index contributed by atoms with van der Waals surface area (Å²) in [5.74, 6) is 0.462. The molecule has 70 valence electrons. The first kappa shape index (κ1) is 9.68. The predicted octanol–water partition coefficient (Wildman–Crippen LogP) is 0.244. The van der Waals surface area contributed by atoms with Crippen LogP contribution in [0.2, 0.25) is 0 Å². The maximum Gasteiger partial charge on any atom is 0.152 e. The van der Waals surface area contributed by atoms with E-state index >= 15 is 0 Å². The number of piperidine rings is 1. The third kappa shape index (κ3) is 2.29. The number of carbonyl (C=O) groups excluding carboxylic acids is 1. The molecule has 1 aliphatic heterocycles. The maximum absolute atomic E-state index is 11.5. The van der Waals surface area contributed by atoms with Gasteiger partial charge in [-0.25, -0.2) is 0 Å². The van der Waals surface area contributed by atoms with Gasteiger partial charge in [0.1, 0.15) is 0 Å². The summed E-state index contributed by atoms with van der Waals surface area (Å²) in [5.41, 5.74) is 5.54. The van der Waals surface area contributed by atoms with Crippen molar-refractivity contribution in [2.45, 2.75) is 25.8 Å². The zero-order valence-corrected chi connectivity index (χ0v) is 7.92. The lowest BCUT2D eigenvalue weighted by atomic mass is 9.90. The normalized spacial score (nSPS) is 23.9. The molecule has 0 spiro atoms. The van der Waals surface area contributed by atoms with Gasteiger partial charge in [-0.2, -0.15) is 0 Å². The molecule has 0 amide bonds. The molecule has 1 atom stereocenters. The molecule has 0 radical (unpaired) electrons. The van der Waals surface area contributed by atoms with E-state index < -0.39 is 0 Å². The van der Waals surface area contributed by atoms with E-state index in [1.807, 2.05) is 0 Å². The molecule has 0 bridgehead atoms. The van der Waals surface area contributed by atoms with E-state index in [9.17, 15) is 4.79 Å². The molecule has 0 aromatic carbocycles. The largest absolute Gasteiger partial charge is 0.322 e. The van der Waals surface area contributed by atoms with Crippen LogP contribution >= 0.6 is 0 Å². The van der Waals surface area contributed by atoms with Gasteiger partial charge in [0.25, 0.3) is 0 Å². The van der Waals surface area contributed by atoms with Gasteiger partial charge in [0.05, 0.1) is 6.04 Å². The van der Waals surface area contributed by atoms with Gasteiger partial charge in [0, 0.05) is 5.92 Å². The molecule has 0 aliphatic carbocycles. The lowest BCUT2D eigenvalue weighted by molar-refractivity contribution is -0.125. The fraction of sp³-hybridized carbons (Fsp3) is 0.889. The predicted molar refractivity (Wildman–Crippen MR) is 48.9 cm³/mol. The van der Waals surface area contributed by atoms with Gasteiger partial charge in [-0.1, -0.05) is 0 Å². The minimum absolute atomic E-state index is 0.223. The summed E-state index contributed by atoms with van der Waals surface area (Å²) >= 11 is 0. The molecule has 12 heavy (non-hydrogen) atoms. The average molecular weight is 170 g/mol. The first-order valence-electron chi connectivity index (χ1n) is 4.59. The van der Waals surface area contributed by atoms with Gasteiger partial charge in [-0.3, -0.25) is 4.79 Å². The van der Waals surface area contributed by atoms with E-state index in [2.05, 4.69) is 11.9 Å². The minimum Gasteiger partial charge on any atom is -0.322 e. The van der Waals surface area contributed by atoms with Crippen molar-refractivity contribution in [1.29, 1.82) is 0 Å². The molecule has 1 aliphatic rings.